The maximum Gasteiger partial charge on any atom is 0.350 e. The molecule has 2 aromatic carbocycles. The van der Waals surface area contributed by atoms with Gasteiger partial charge in [0.05, 0.1) is 23.8 Å². The van der Waals surface area contributed by atoms with Crippen LogP contribution in [0.15, 0.2) is 71.1 Å². The van der Waals surface area contributed by atoms with E-state index in [9.17, 15) is 4.79 Å². The summed E-state index contributed by atoms with van der Waals surface area (Å²) < 4.78 is 23.2. The largest absolute Gasteiger partial charge is 0.493 e. The molecule has 0 aliphatic heterocycles. The van der Waals surface area contributed by atoms with E-state index in [0.29, 0.717) is 37.7 Å². The lowest BCUT2D eigenvalue weighted by Crippen LogP contribution is -2.45. The Balaban J connectivity index is 1.36. The number of para-hydroxylation sites is 1. The fraction of sp³-hybridized carbons (Fsp3) is 0.310. The first kappa shape index (κ1) is 25.5. The lowest BCUT2D eigenvalue weighted by molar-refractivity contribution is -0.160. The maximum atomic E-state index is 12.8. The van der Waals surface area contributed by atoms with Crippen LogP contribution in [0, 0.1) is 13.8 Å². The van der Waals surface area contributed by atoms with Gasteiger partial charge in [-0.2, -0.15) is 0 Å². The van der Waals surface area contributed by atoms with E-state index in [1.54, 1.807) is 25.2 Å². The maximum absolute atomic E-state index is 12.8. The third-order valence-corrected chi connectivity index (χ3v) is 6.70. The van der Waals surface area contributed by atoms with Gasteiger partial charge in [0.15, 0.2) is 0 Å². The van der Waals surface area contributed by atoms with E-state index < -0.39 is 11.6 Å². The standard InChI is InChI=1S/C29H31NO5S/c1-5-32-28(31)29(4,35-24-9-7-6-8-10-24)19-22-12-14-23(15-13-22)33-18-17-25-21(3)34-27(30-25)26-16-11-20(2)36-26/h6-16H,5,17-19H2,1-4H3. The Morgan fingerprint density at radius 2 is 1.75 bits per heavy atom. The molecule has 4 rings (SSSR count). The summed E-state index contributed by atoms with van der Waals surface area (Å²) in [6, 6.07) is 21.1. The van der Waals surface area contributed by atoms with Crippen LogP contribution in [-0.4, -0.2) is 29.8 Å². The average Bonchev–Trinajstić information content (AvgIpc) is 3.46. The number of benzene rings is 2. The highest BCUT2D eigenvalue weighted by Crippen LogP contribution is 2.29. The molecule has 36 heavy (non-hydrogen) atoms. The van der Waals surface area contributed by atoms with Crippen LogP contribution in [-0.2, 0) is 22.4 Å². The molecule has 188 valence electrons. The first-order valence-corrected chi connectivity index (χ1v) is 12.8. The fourth-order valence-corrected chi connectivity index (χ4v) is 4.65. The number of hydrogen-bond acceptors (Lipinski definition) is 7. The molecule has 0 saturated heterocycles. The van der Waals surface area contributed by atoms with Crippen molar-refractivity contribution < 1.29 is 23.4 Å². The Kier molecular flexibility index (Phi) is 8.10. The van der Waals surface area contributed by atoms with Crippen LogP contribution in [0.5, 0.6) is 11.5 Å². The van der Waals surface area contributed by atoms with Gasteiger partial charge in [0, 0.05) is 17.7 Å². The highest BCUT2D eigenvalue weighted by atomic mass is 32.1. The SMILES string of the molecule is CCOC(=O)C(C)(Cc1ccc(OCCc2nc(-c3ccc(C)s3)oc2C)cc1)Oc1ccccc1. The minimum absolute atomic E-state index is 0.290. The van der Waals surface area contributed by atoms with Crippen molar-refractivity contribution in [1.82, 2.24) is 4.98 Å². The Morgan fingerprint density at radius 3 is 2.42 bits per heavy atom. The third kappa shape index (κ3) is 6.34. The van der Waals surface area contributed by atoms with Gasteiger partial charge < -0.3 is 18.6 Å². The molecule has 2 aromatic heterocycles. The second-order valence-corrected chi connectivity index (χ2v) is 10.0. The first-order chi connectivity index (χ1) is 17.4. The van der Waals surface area contributed by atoms with Gasteiger partial charge in [0.2, 0.25) is 11.5 Å². The Labute approximate surface area is 215 Å². The summed E-state index contributed by atoms with van der Waals surface area (Å²) in [5, 5.41) is 0. The summed E-state index contributed by atoms with van der Waals surface area (Å²) in [5.74, 6) is 2.44. The number of hydrogen-bond donors (Lipinski definition) is 0. The molecule has 4 aromatic rings. The Morgan fingerprint density at radius 1 is 1.00 bits per heavy atom. The van der Waals surface area contributed by atoms with Gasteiger partial charge in [-0.05, 0) is 69.7 Å². The number of carbonyl (C=O) groups excluding carboxylic acids is 1. The first-order valence-electron chi connectivity index (χ1n) is 12.0. The van der Waals surface area contributed by atoms with Gasteiger partial charge in [0.1, 0.15) is 17.3 Å². The summed E-state index contributed by atoms with van der Waals surface area (Å²) in [4.78, 5) is 19.7. The molecule has 0 N–H and O–H groups in total. The number of aromatic nitrogens is 1. The molecular weight excluding hydrogens is 474 g/mol. The van der Waals surface area contributed by atoms with Crippen molar-refractivity contribution >= 4 is 17.3 Å². The van der Waals surface area contributed by atoms with E-state index >= 15 is 0 Å². The molecular formula is C29H31NO5S. The van der Waals surface area contributed by atoms with Gasteiger partial charge >= 0.3 is 5.97 Å². The van der Waals surface area contributed by atoms with Crippen LogP contribution in [0.4, 0.5) is 0 Å². The van der Waals surface area contributed by atoms with E-state index in [2.05, 4.69) is 18.0 Å². The zero-order valence-corrected chi connectivity index (χ0v) is 21.9. The number of ether oxygens (including phenoxy) is 3. The average molecular weight is 506 g/mol. The topological polar surface area (TPSA) is 70.8 Å². The Hall–Kier alpha value is -3.58. The fourth-order valence-electron chi connectivity index (χ4n) is 3.86. The third-order valence-electron chi connectivity index (χ3n) is 5.71. The molecule has 1 unspecified atom stereocenters. The summed E-state index contributed by atoms with van der Waals surface area (Å²) in [5.41, 5.74) is 0.691. The summed E-state index contributed by atoms with van der Waals surface area (Å²) in [6.45, 7) is 8.31. The molecule has 0 bridgehead atoms. The van der Waals surface area contributed by atoms with Gasteiger partial charge in [-0.1, -0.05) is 30.3 Å². The number of oxazole rings is 1. The van der Waals surface area contributed by atoms with E-state index in [1.165, 1.54) is 4.88 Å². The van der Waals surface area contributed by atoms with Crippen molar-refractivity contribution in [3.8, 4) is 22.3 Å². The van der Waals surface area contributed by atoms with Crippen LogP contribution >= 0.6 is 11.3 Å². The normalized spacial score (nSPS) is 12.7. The zero-order chi connectivity index (χ0) is 25.5. The van der Waals surface area contributed by atoms with Crippen molar-refractivity contribution in [3.63, 3.8) is 0 Å². The molecule has 1 atom stereocenters. The molecule has 6 nitrogen and oxygen atoms in total. The zero-order valence-electron chi connectivity index (χ0n) is 21.1. The van der Waals surface area contributed by atoms with Crippen LogP contribution in [0.3, 0.4) is 0 Å². The van der Waals surface area contributed by atoms with Gasteiger partial charge in [-0.15, -0.1) is 11.3 Å². The smallest absolute Gasteiger partial charge is 0.350 e. The second-order valence-electron chi connectivity index (χ2n) is 8.72. The summed E-state index contributed by atoms with van der Waals surface area (Å²) in [6.07, 6.45) is 1.01. The lowest BCUT2D eigenvalue weighted by Gasteiger charge is -2.28. The molecule has 0 spiro atoms. The molecule has 0 saturated carbocycles. The van der Waals surface area contributed by atoms with Gasteiger partial charge in [-0.3, -0.25) is 0 Å². The molecule has 0 aliphatic carbocycles. The monoisotopic (exact) mass is 505 g/mol. The van der Waals surface area contributed by atoms with E-state index in [4.69, 9.17) is 18.6 Å². The lowest BCUT2D eigenvalue weighted by atomic mass is 9.96. The van der Waals surface area contributed by atoms with Crippen LogP contribution in [0.2, 0.25) is 0 Å². The van der Waals surface area contributed by atoms with Crippen molar-refractivity contribution in [2.24, 2.45) is 0 Å². The highest BCUT2D eigenvalue weighted by molar-refractivity contribution is 7.15. The van der Waals surface area contributed by atoms with E-state index in [-0.39, 0.29) is 0 Å². The van der Waals surface area contributed by atoms with Crippen molar-refractivity contribution in [2.45, 2.75) is 46.1 Å². The van der Waals surface area contributed by atoms with Gasteiger partial charge in [0.25, 0.3) is 0 Å². The molecule has 2 heterocycles. The molecule has 0 fully saturated rings. The predicted octanol–water partition coefficient (Wildman–Crippen LogP) is 6.58. The number of aryl methyl sites for hydroxylation is 2. The molecule has 0 amide bonds. The number of thiophene rings is 1. The molecule has 7 heteroatoms. The quantitative estimate of drug-likeness (QED) is 0.214. The number of nitrogens with zero attached hydrogens (tertiary/aromatic N) is 1. The summed E-state index contributed by atoms with van der Waals surface area (Å²) in [7, 11) is 0. The van der Waals surface area contributed by atoms with Crippen LogP contribution < -0.4 is 9.47 Å². The molecule has 0 aliphatic rings. The van der Waals surface area contributed by atoms with Crippen LogP contribution in [0.25, 0.3) is 10.8 Å². The minimum atomic E-state index is -1.15. The van der Waals surface area contributed by atoms with E-state index in [1.807, 2.05) is 67.6 Å². The van der Waals surface area contributed by atoms with E-state index in [0.717, 1.165) is 27.6 Å². The minimum Gasteiger partial charge on any atom is -0.493 e. The second kappa shape index (κ2) is 11.4. The van der Waals surface area contributed by atoms with Crippen LogP contribution in [0.1, 0.15) is 35.7 Å². The molecule has 0 radical (unpaired) electrons. The Bertz CT molecular complexity index is 1280. The number of rotatable bonds is 11. The summed E-state index contributed by atoms with van der Waals surface area (Å²) >= 11 is 1.67. The highest BCUT2D eigenvalue weighted by Gasteiger charge is 2.37. The number of carbonyl (C=O) groups is 1. The van der Waals surface area contributed by atoms with Gasteiger partial charge in [-0.25, -0.2) is 9.78 Å². The number of esters is 1. The van der Waals surface area contributed by atoms with Crippen molar-refractivity contribution in [1.29, 1.82) is 0 Å². The van der Waals surface area contributed by atoms with Crippen molar-refractivity contribution in [3.05, 3.63) is 88.6 Å². The van der Waals surface area contributed by atoms with Crippen molar-refractivity contribution in [2.75, 3.05) is 13.2 Å². The predicted molar refractivity (Wildman–Crippen MR) is 141 cm³/mol.